The van der Waals surface area contributed by atoms with Crippen LogP contribution in [0, 0.1) is 6.92 Å². The third-order valence-corrected chi connectivity index (χ3v) is 6.56. The average molecular weight is 604 g/mol. The first-order valence-corrected chi connectivity index (χ1v) is 12.6. The van der Waals surface area contributed by atoms with Gasteiger partial charge < -0.3 is 4.74 Å². The molecule has 174 valence electrons. The summed E-state index contributed by atoms with van der Waals surface area (Å²) in [5, 5.41) is 5.41. The molecular formula is C26H22Br2ClN3O2. The zero-order valence-corrected chi connectivity index (χ0v) is 22.8. The van der Waals surface area contributed by atoms with E-state index in [1.165, 1.54) is 10.2 Å². The van der Waals surface area contributed by atoms with Crippen molar-refractivity contribution < 1.29 is 4.74 Å². The van der Waals surface area contributed by atoms with Gasteiger partial charge in [0.05, 0.1) is 26.6 Å². The summed E-state index contributed by atoms with van der Waals surface area (Å²) in [7, 11) is 0. The summed E-state index contributed by atoms with van der Waals surface area (Å²) in [6.07, 6.45) is 1.60. The van der Waals surface area contributed by atoms with Crippen molar-refractivity contribution >= 4 is 60.6 Å². The van der Waals surface area contributed by atoms with Crippen LogP contribution in [0.3, 0.4) is 0 Å². The zero-order chi connectivity index (χ0) is 24.4. The van der Waals surface area contributed by atoms with Gasteiger partial charge in [0.1, 0.15) is 12.4 Å². The zero-order valence-electron chi connectivity index (χ0n) is 18.8. The number of hydrogen-bond acceptors (Lipinski definition) is 4. The first kappa shape index (κ1) is 24.6. The van der Waals surface area contributed by atoms with E-state index in [0.717, 1.165) is 15.6 Å². The number of aryl methyl sites for hydroxylation is 1. The quantitative estimate of drug-likeness (QED) is 0.215. The second-order valence-electron chi connectivity index (χ2n) is 8.24. The Morgan fingerprint density at radius 2 is 1.85 bits per heavy atom. The average Bonchev–Trinajstić information content (AvgIpc) is 2.79. The molecule has 4 aromatic rings. The molecule has 0 saturated carbocycles. The SMILES string of the molecule is Cc1ccc(COc2c(Cl)cc(C=Nn3c(C(C)C)nc4ccc(Br)cc4c3=O)cc2Br)cc1. The highest BCUT2D eigenvalue weighted by molar-refractivity contribution is 9.10. The van der Waals surface area contributed by atoms with E-state index >= 15 is 0 Å². The third kappa shape index (κ3) is 5.43. The molecule has 0 aliphatic rings. The van der Waals surface area contributed by atoms with Crippen molar-refractivity contribution in [1.82, 2.24) is 9.66 Å². The molecule has 0 aliphatic carbocycles. The Bertz CT molecular complexity index is 1420. The predicted molar refractivity (Wildman–Crippen MR) is 145 cm³/mol. The van der Waals surface area contributed by atoms with Gasteiger partial charge in [-0.1, -0.05) is 71.2 Å². The first-order valence-electron chi connectivity index (χ1n) is 10.7. The molecule has 0 amide bonds. The fraction of sp³-hybridized carbons (Fsp3) is 0.192. The maximum atomic E-state index is 13.2. The Kier molecular flexibility index (Phi) is 7.55. The molecule has 0 aliphatic heterocycles. The number of nitrogens with zero attached hydrogens (tertiary/aromatic N) is 3. The summed E-state index contributed by atoms with van der Waals surface area (Å²) in [5.74, 6) is 1.14. The van der Waals surface area contributed by atoms with Gasteiger partial charge in [-0.3, -0.25) is 4.79 Å². The number of rotatable bonds is 6. The third-order valence-electron chi connectivity index (χ3n) is 5.20. The normalized spacial score (nSPS) is 11.6. The molecule has 0 N–H and O–H groups in total. The minimum atomic E-state index is -0.227. The molecule has 1 aromatic heterocycles. The van der Waals surface area contributed by atoms with Gasteiger partial charge in [-0.25, -0.2) is 4.98 Å². The van der Waals surface area contributed by atoms with Crippen LogP contribution in [0.1, 0.15) is 42.3 Å². The van der Waals surface area contributed by atoms with Gasteiger partial charge in [0.2, 0.25) is 0 Å². The molecule has 8 heteroatoms. The standard InChI is InChI=1S/C26H22Br2ClN3O2/c1-15(2)25-31-23-9-8-19(27)12-20(23)26(33)32(25)30-13-18-10-21(28)24(22(29)11-18)34-14-17-6-4-16(3)5-7-17/h4-13,15H,14H2,1-3H3. The fourth-order valence-electron chi connectivity index (χ4n) is 3.41. The highest BCUT2D eigenvalue weighted by Gasteiger charge is 2.14. The van der Waals surface area contributed by atoms with Gasteiger partial charge in [-0.2, -0.15) is 9.78 Å². The van der Waals surface area contributed by atoms with Crippen LogP contribution in [0.5, 0.6) is 5.75 Å². The lowest BCUT2D eigenvalue weighted by Gasteiger charge is -2.13. The molecule has 0 radical (unpaired) electrons. The molecule has 1 heterocycles. The molecule has 34 heavy (non-hydrogen) atoms. The summed E-state index contributed by atoms with van der Waals surface area (Å²) in [6.45, 7) is 6.40. The monoisotopic (exact) mass is 601 g/mol. The van der Waals surface area contributed by atoms with Crippen LogP contribution >= 0.6 is 43.5 Å². The van der Waals surface area contributed by atoms with E-state index in [4.69, 9.17) is 16.3 Å². The van der Waals surface area contributed by atoms with E-state index in [9.17, 15) is 4.79 Å². The number of halogens is 3. The van der Waals surface area contributed by atoms with Crippen LogP contribution in [-0.2, 0) is 6.61 Å². The summed E-state index contributed by atoms with van der Waals surface area (Å²) in [6, 6.07) is 17.2. The Morgan fingerprint density at radius 3 is 2.53 bits per heavy atom. The molecule has 3 aromatic carbocycles. The Labute approximate surface area is 219 Å². The fourth-order valence-corrected chi connectivity index (χ4v) is 4.76. The maximum Gasteiger partial charge on any atom is 0.282 e. The lowest BCUT2D eigenvalue weighted by atomic mass is 10.2. The van der Waals surface area contributed by atoms with E-state index in [1.807, 2.05) is 63.2 Å². The van der Waals surface area contributed by atoms with E-state index in [0.29, 0.717) is 38.6 Å². The molecule has 0 spiro atoms. The van der Waals surface area contributed by atoms with E-state index in [-0.39, 0.29) is 11.5 Å². The molecule has 0 unspecified atom stereocenters. The second kappa shape index (κ2) is 10.4. The lowest BCUT2D eigenvalue weighted by molar-refractivity contribution is 0.304. The lowest BCUT2D eigenvalue weighted by Crippen LogP contribution is -2.23. The summed E-state index contributed by atoms with van der Waals surface area (Å²) >= 11 is 13.5. The van der Waals surface area contributed by atoms with Crippen molar-refractivity contribution in [2.24, 2.45) is 5.10 Å². The molecule has 0 saturated heterocycles. The van der Waals surface area contributed by atoms with E-state index < -0.39 is 0 Å². The minimum absolute atomic E-state index is 0.00534. The minimum Gasteiger partial charge on any atom is -0.486 e. The number of aromatic nitrogens is 2. The molecule has 0 bridgehead atoms. The van der Waals surface area contributed by atoms with Crippen LogP contribution < -0.4 is 10.3 Å². The summed E-state index contributed by atoms with van der Waals surface area (Å²) in [4.78, 5) is 17.9. The van der Waals surface area contributed by atoms with Crippen molar-refractivity contribution in [2.75, 3.05) is 0 Å². The van der Waals surface area contributed by atoms with Gasteiger partial charge in [-0.15, -0.1) is 0 Å². The predicted octanol–water partition coefficient (Wildman–Crippen LogP) is 7.47. The number of benzene rings is 3. The largest absolute Gasteiger partial charge is 0.486 e. The first-order chi connectivity index (χ1) is 16.2. The highest BCUT2D eigenvalue weighted by Crippen LogP contribution is 2.34. The van der Waals surface area contributed by atoms with Crippen molar-refractivity contribution in [3.05, 3.63) is 101 Å². The number of ether oxygens (including phenoxy) is 1. The van der Waals surface area contributed by atoms with Gasteiger partial charge in [0.25, 0.3) is 5.56 Å². The van der Waals surface area contributed by atoms with Crippen LogP contribution in [-0.4, -0.2) is 15.9 Å². The molecule has 0 fully saturated rings. The van der Waals surface area contributed by atoms with Gasteiger partial charge in [0.15, 0.2) is 5.75 Å². The molecule has 4 rings (SSSR count). The van der Waals surface area contributed by atoms with E-state index in [1.54, 1.807) is 18.3 Å². The van der Waals surface area contributed by atoms with Crippen molar-refractivity contribution in [3.63, 3.8) is 0 Å². The van der Waals surface area contributed by atoms with Gasteiger partial charge >= 0.3 is 0 Å². The van der Waals surface area contributed by atoms with Crippen LogP contribution in [0.2, 0.25) is 5.02 Å². The Balaban J connectivity index is 1.65. The summed E-state index contributed by atoms with van der Waals surface area (Å²) in [5.41, 5.74) is 3.38. The highest BCUT2D eigenvalue weighted by atomic mass is 79.9. The van der Waals surface area contributed by atoms with E-state index in [2.05, 4.69) is 41.9 Å². The topological polar surface area (TPSA) is 56.5 Å². The smallest absolute Gasteiger partial charge is 0.282 e. The Hall–Kier alpha value is -2.48. The number of hydrogen-bond donors (Lipinski definition) is 0. The molecule has 5 nitrogen and oxygen atoms in total. The van der Waals surface area contributed by atoms with Crippen LogP contribution in [0.15, 0.2) is 73.4 Å². The van der Waals surface area contributed by atoms with Crippen molar-refractivity contribution in [1.29, 1.82) is 0 Å². The van der Waals surface area contributed by atoms with Crippen LogP contribution in [0.4, 0.5) is 0 Å². The summed E-state index contributed by atoms with van der Waals surface area (Å²) < 4.78 is 8.81. The van der Waals surface area contributed by atoms with Crippen molar-refractivity contribution in [3.8, 4) is 5.75 Å². The van der Waals surface area contributed by atoms with Crippen molar-refractivity contribution in [2.45, 2.75) is 33.3 Å². The Morgan fingerprint density at radius 1 is 1.12 bits per heavy atom. The van der Waals surface area contributed by atoms with Gasteiger partial charge in [0, 0.05) is 10.4 Å². The van der Waals surface area contributed by atoms with Crippen LogP contribution in [0.25, 0.3) is 10.9 Å². The molecule has 0 atom stereocenters. The number of fused-ring (bicyclic) bond motifs is 1. The maximum absolute atomic E-state index is 13.2. The van der Waals surface area contributed by atoms with Gasteiger partial charge in [-0.05, 0) is 64.3 Å². The molecular weight excluding hydrogens is 582 g/mol. The second-order valence-corrected chi connectivity index (χ2v) is 10.4.